The van der Waals surface area contributed by atoms with E-state index in [2.05, 4.69) is 16.8 Å². The SMILES string of the molecule is C[C@@H]1CCCCN1Cc1cc(Cl)c2cccnc2c1O. The molecule has 0 aliphatic carbocycles. The van der Waals surface area contributed by atoms with Crippen LogP contribution in [0, 0.1) is 0 Å². The highest BCUT2D eigenvalue weighted by molar-refractivity contribution is 6.35. The summed E-state index contributed by atoms with van der Waals surface area (Å²) in [6.07, 6.45) is 5.43. The van der Waals surface area contributed by atoms with Crippen molar-refractivity contribution >= 4 is 22.5 Å². The molecule has 0 spiro atoms. The summed E-state index contributed by atoms with van der Waals surface area (Å²) in [5, 5.41) is 11.9. The van der Waals surface area contributed by atoms with E-state index < -0.39 is 0 Å². The van der Waals surface area contributed by atoms with Crippen LogP contribution < -0.4 is 0 Å². The first kappa shape index (κ1) is 13.7. The maximum Gasteiger partial charge on any atom is 0.146 e. The smallest absolute Gasteiger partial charge is 0.146 e. The normalized spacial score (nSPS) is 20.4. The van der Waals surface area contributed by atoms with Gasteiger partial charge in [0.1, 0.15) is 11.3 Å². The number of aromatic nitrogens is 1. The molecule has 1 aromatic carbocycles. The Balaban J connectivity index is 1.97. The number of pyridine rings is 1. The van der Waals surface area contributed by atoms with Crippen LogP contribution in [0.5, 0.6) is 5.75 Å². The molecular weight excluding hydrogens is 272 g/mol. The molecule has 1 aliphatic rings. The molecule has 0 saturated carbocycles. The van der Waals surface area contributed by atoms with Crippen molar-refractivity contribution in [2.45, 2.75) is 38.8 Å². The van der Waals surface area contributed by atoms with Crippen molar-refractivity contribution < 1.29 is 5.11 Å². The van der Waals surface area contributed by atoms with Gasteiger partial charge in [0.15, 0.2) is 0 Å². The third-order valence-electron chi connectivity index (χ3n) is 4.21. The van der Waals surface area contributed by atoms with Crippen LogP contribution in [0.2, 0.25) is 5.02 Å². The molecule has 20 heavy (non-hydrogen) atoms. The molecule has 106 valence electrons. The first-order valence-electron chi connectivity index (χ1n) is 7.16. The lowest BCUT2D eigenvalue weighted by molar-refractivity contribution is 0.151. The van der Waals surface area contributed by atoms with Gasteiger partial charge in [-0.05, 0) is 44.5 Å². The summed E-state index contributed by atoms with van der Waals surface area (Å²) in [5.74, 6) is 0.266. The third kappa shape index (κ3) is 2.48. The van der Waals surface area contributed by atoms with Crippen LogP contribution in [0.25, 0.3) is 10.9 Å². The fourth-order valence-corrected chi connectivity index (χ4v) is 3.25. The quantitative estimate of drug-likeness (QED) is 0.909. The number of nitrogens with zero attached hydrogens (tertiary/aromatic N) is 2. The van der Waals surface area contributed by atoms with Gasteiger partial charge < -0.3 is 5.11 Å². The van der Waals surface area contributed by atoms with Crippen molar-refractivity contribution in [3.05, 3.63) is 35.0 Å². The fourth-order valence-electron chi connectivity index (χ4n) is 2.97. The molecule has 1 saturated heterocycles. The van der Waals surface area contributed by atoms with Gasteiger partial charge in [-0.1, -0.05) is 18.0 Å². The standard InChI is InChI=1S/C16H19ClN2O/c1-11-5-2-3-8-19(11)10-12-9-14(17)13-6-4-7-18-15(13)16(12)20/h4,6-7,9,11,20H,2-3,5,8,10H2,1H3/t11-/m1/s1. The van der Waals surface area contributed by atoms with Gasteiger partial charge in [0, 0.05) is 29.7 Å². The lowest BCUT2D eigenvalue weighted by Gasteiger charge is -2.33. The predicted molar refractivity (Wildman–Crippen MR) is 82.1 cm³/mol. The van der Waals surface area contributed by atoms with Crippen molar-refractivity contribution in [1.29, 1.82) is 0 Å². The summed E-state index contributed by atoms with van der Waals surface area (Å²) >= 11 is 6.32. The maximum atomic E-state index is 10.4. The summed E-state index contributed by atoms with van der Waals surface area (Å²) in [5.41, 5.74) is 1.47. The Bertz CT molecular complexity index is 629. The molecule has 2 aromatic rings. The number of halogens is 1. The van der Waals surface area contributed by atoms with Gasteiger partial charge in [-0.3, -0.25) is 9.88 Å². The first-order valence-corrected chi connectivity index (χ1v) is 7.53. The average Bonchev–Trinajstić information content (AvgIpc) is 2.47. The maximum absolute atomic E-state index is 10.4. The van der Waals surface area contributed by atoms with Crippen LogP contribution >= 0.6 is 11.6 Å². The fraction of sp³-hybridized carbons (Fsp3) is 0.438. The monoisotopic (exact) mass is 290 g/mol. The molecule has 1 atom stereocenters. The van der Waals surface area contributed by atoms with Gasteiger partial charge in [0.05, 0.1) is 5.02 Å². The van der Waals surface area contributed by atoms with Gasteiger partial charge in [-0.25, -0.2) is 0 Å². The Kier molecular flexibility index (Phi) is 3.81. The first-order chi connectivity index (χ1) is 9.66. The summed E-state index contributed by atoms with van der Waals surface area (Å²) < 4.78 is 0. The van der Waals surface area contributed by atoms with Crippen LogP contribution in [0.1, 0.15) is 31.7 Å². The van der Waals surface area contributed by atoms with Crippen molar-refractivity contribution in [2.75, 3.05) is 6.54 Å². The highest BCUT2D eigenvalue weighted by Gasteiger charge is 2.20. The van der Waals surface area contributed by atoms with E-state index in [1.165, 1.54) is 19.3 Å². The van der Waals surface area contributed by atoms with Crippen molar-refractivity contribution in [1.82, 2.24) is 9.88 Å². The number of phenols is 1. The van der Waals surface area contributed by atoms with Gasteiger partial charge in [0.2, 0.25) is 0 Å². The van der Waals surface area contributed by atoms with Crippen molar-refractivity contribution in [3.8, 4) is 5.75 Å². The zero-order valence-corrected chi connectivity index (χ0v) is 12.4. The van der Waals surface area contributed by atoms with E-state index in [1.807, 2.05) is 18.2 Å². The lowest BCUT2D eigenvalue weighted by Crippen LogP contribution is -2.36. The van der Waals surface area contributed by atoms with E-state index in [-0.39, 0.29) is 5.75 Å². The molecule has 1 aliphatic heterocycles. The van der Waals surface area contributed by atoms with Gasteiger partial charge in [-0.2, -0.15) is 0 Å². The second-order valence-corrected chi connectivity index (χ2v) is 5.99. The Hall–Kier alpha value is -1.32. The second-order valence-electron chi connectivity index (χ2n) is 5.58. The van der Waals surface area contributed by atoms with Crippen LogP contribution in [0.3, 0.4) is 0 Å². The highest BCUT2D eigenvalue weighted by atomic mass is 35.5. The largest absolute Gasteiger partial charge is 0.505 e. The molecule has 0 bridgehead atoms. The molecule has 3 nitrogen and oxygen atoms in total. The summed E-state index contributed by atoms with van der Waals surface area (Å²) in [4.78, 5) is 6.67. The molecule has 0 unspecified atom stereocenters. The van der Waals surface area contributed by atoms with Crippen molar-refractivity contribution in [2.24, 2.45) is 0 Å². The molecule has 1 aromatic heterocycles. The molecule has 0 radical (unpaired) electrons. The van der Waals surface area contributed by atoms with Crippen LogP contribution in [-0.4, -0.2) is 27.6 Å². The van der Waals surface area contributed by atoms with Crippen LogP contribution in [0.15, 0.2) is 24.4 Å². The summed E-state index contributed by atoms with van der Waals surface area (Å²) in [7, 11) is 0. The van der Waals surface area contributed by atoms with E-state index in [1.54, 1.807) is 6.20 Å². The number of benzene rings is 1. The molecule has 1 fully saturated rings. The van der Waals surface area contributed by atoms with E-state index >= 15 is 0 Å². The molecule has 3 rings (SSSR count). The Morgan fingerprint density at radius 1 is 1.45 bits per heavy atom. The van der Waals surface area contributed by atoms with Gasteiger partial charge >= 0.3 is 0 Å². The highest BCUT2D eigenvalue weighted by Crippen LogP contribution is 2.34. The van der Waals surface area contributed by atoms with Crippen LogP contribution in [-0.2, 0) is 6.54 Å². The van der Waals surface area contributed by atoms with E-state index in [9.17, 15) is 5.11 Å². The van der Waals surface area contributed by atoms with Crippen molar-refractivity contribution in [3.63, 3.8) is 0 Å². The van der Waals surface area contributed by atoms with E-state index in [4.69, 9.17) is 11.6 Å². The Morgan fingerprint density at radius 2 is 2.30 bits per heavy atom. The molecule has 1 N–H and O–H groups in total. The Morgan fingerprint density at radius 3 is 3.10 bits per heavy atom. The third-order valence-corrected chi connectivity index (χ3v) is 4.52. The number of likely N-dealkylation sites (tertiary alicyclic amines) is 1. The van der Waals surface area contributed by atoms with Gasteiger partial charge in [-0.15, -0.1) is 0 Å². The molecule has 4 heteroatoms. The zero-order valence-electron chi connectivity index (χ0n) is 11.6. The molecule has 0 amide bonds. The predicted octanol–water partition coefficient (Wildman–Crippen LogP) is 3.97. The second kappa shape index (κ2) is 5.58. The number of hydrogen-bond donors (Lipinski definition) is 1. The Labute approximate surface area is 124 Å². The number of fused-ring (bicyclic) bond motifs is 1. The number of rotatable bonds is 2. The topological polar surface area (TPSA) is 36.4 Å². The van der Waals surface area contributed by atoms with Crippen LogP contribution in [0.4, 0.5) is 0 Å². The zero-order chi connectivity index (χ0) is 14.1. The number of phenolic OH excluding ortho intramolecular Hbond substituents is 1. The number of aromatic hydroxyl groups is 1. The average molecular weight is 291 g/mol. The summed E-state index contributed by atoms with van der Waals surface area (Å²) in [6, 6.07) is 6.15. The number of hydrogen-bond acceptors (Lipinski definition) is 3. The lowest BCUT2D eigenvalue weighted by atomic mass is 10.0. The van der Waals surface area contributed by atoms with E-state index in [0.29, 0.717) is 16.6 Å². The van der Waals surface area contributed by atoms with Gasteiger partial charge in [0.25, 0.3) is 0 Å². The molecule has 2 heterocycles. The number of piperidine rings is 1. The van der Waals surface area contributed by atoms with E-state index in [0.717, 1.165) is 24.0 Å². The minimum Gasteiger partial charge on any atom is -0.505 e. The summed E-state index contributed by atoms with van der Waals surface area (Å²) in [6.45, 7) is 4.06. The molecular formula is C16H19ClN2O. The minimum absolute atomic E-state index is 0.266. The minimum atomic E-state index is 0.266.